The van der Waals surface area contributed by atoms with Crippen molar-refractivity contribution in [3.05, 3.63) is 33.2 Å². The first-order chi connectivity index (χ1) is 12.8. The fourth-order valence-corrected chi connectivity index (χ4v) is 4.74. The minimum atomic E-state index is -0.335. The lowest BCUT2D eigenvalue weighted by Crippen LogP contribution is -2.48. The lowest BCUT2D eigenvalue weighted by atomic mass is 9.80. The van der Waals surface area contributed by atoms with Crippen molar-refractivity contribution in [1.82, 2.24) is 19.9 Å². The molecule has 0 aromatic carbocycles. The predicted octanol–water partition coefficient (Wildman–Crippen LogP) is 2.26. The van der Waals surface area contributed by atoms with Crippen molar-refractivity contribution >= 4 is 29.0 Å². The highest BCUT2D eigenvalue weighted by molar-refractivity contribution is 7.11. The molecule has 2 aromatic heterocycles. The highest BCUT2D eigenvalue weighted by Gasteiger charge is 2.40. The second kappa shape index (κ2) is 6.37. The van der Waals surface area contributed by atoms with Crippen molar-refractivity contribution in [3.63, 3.8) is 0 Å². The van der Waals surface area contributed by atoms with E-state index in [9.17, 15) is 9.59 Å². The maximum atomic E-state index is 13.0. The van der Waals surface area contributed by atoms with Crippen LogP contribution in [0.1, 0.15) is 52.2 Å². The quantitative estimate of drug-likeness (QED) is 0.792. The molecule has 1 atom stereocenters. The Balaban J connectivity index is 1.66. The van der Waals surface area contributed by atoms with Crippen molar-refractivity contribution in [2.45, 2.75) is 45.4 Å². The third kappa shape index (κ3) is 2.92. The Kier molecular flexibility index (Phi) is 4.25. The van der Waals surface area contributed by atoms with Gasteiger partial charge >= 0.3 is 0 Å². The summed E-state index contributed by atoms with van der Waals surface area (Å²) >= 11 is 1.39. The van der Waals surface area contributed by atoms with E-state index < -0.39 is 0 Å². The summed E-state index contributed by atoms with van der Waals surface area (Å²) in [4.78, 5) is 42.9. The Bertz CT molecular complexity index is 940. The highest BCUT2D eigenvalue weighted by Crippen LogP contribution is 2.36. The van der Waals surface area contributed by atoms with E-state index in [1.54, 1.807) is 17.5 Å². The minimum absolute atomic E-state index is 0.0334. The third-order valence-electron chi connectivity index (χ3n) is 5.68. The average molecular weight is 385 g/mol. The molecule has 4 heterocycles. The number of carbonyl (C=O) groups excluding carboxylic acids is 2. The zero-order valence-corrected chi connectivity index (χ0v) is 16.9. The van der Waals surface area contributed by atoms with Crippen LogP contribution in [-0.2, 0) is 16.6 Å². The summed E-state index contributed by atoms with van der Waals surface area (Å²) in [5, 5.41) is 0. The molecule has 7 nitrogen and oxygen atoms in total. The van der Waals surface area contributed by atoms with Crippen LogP contribution in [0.4, 0.5) is 5.82 Å². The van der Waals surface area contributed by atoms with Gasteiger partial charge in [-0.05, 0) is 26.7 Å². The highest BCUT2D eigenvalue weighted by atomic mass is 32.1. The second-order valence-corrected chi connectivity index (χ2v) is 8.58. The van der Waals surface area contributed by atoms with Gasteiger partial charge in [0.25, 0.3) is 5.91 Å². The number of nitrogens with zero attached hydrogens (tertiary/aromatic N) is 5. The van der Waals surface area contributed by atoms with Gasteiger partial charge in [-0.15, -0.1) is 11.3 Å². The Labute approximate surface area is 162 Å². The summed E-state index contributed by atoms with van der Waals surface area (Å²) in [5.41, 5.74) is 3.93. The first-order valence-corrected chi connectivity index (χ1v) is 10.0. The smallest absolute Gasteiger partial charge is 0.265 e. The van der Waals surface area contributed by atoms with Crippen LogP contribution in [0.5, 0.6) is 0 Å². The molecule has 8 heteroatoms. The van der Waals surface area contributed by atoms with Crippen molar-refractivity contribution in [2.24, 2.45) is 0 Å². The van der Waals surface area contributed by atoms with Gasteiger partial charge in [0.1, 0.15) is 16.5 Å². The summed E-state index contributed by atoms with van der Waals surface area (Å²) in [5.74, 6) is 1.52. The number of hydrogen-bond acceptors (Lipinski definition) is 6. The molecule has 0 N–H and O–H groups in total. The van der Waals surface area contributed by atoms with E-state index in [0.717, 1.165) is 42.2 Å². The zero-order chi connectivity index (χ0) is 19.3. The minimum Gasteiger partial charge on any atom is -0.337 e. The summed E-state index contributed by atoms with van der Waals surface area (Å²) < 4.78 is 0. The number of hydrogen-bond donors (Lipinski definition) is 0. The van der Waals surface area contributed by atoms with Crippen molar-refractivity contribution in [3.8, 4) is 0 Å². The molecule has 0 bridgehead atoms. The molecule has 2 aromatic rings. The van der Waals surface area contributed by atoms with E-state index in [1.165, 1.54) is 11.3 Å². The summed E-state index contributed by atoms with van der Waals surface area (Å²) in [6, 6.07) is 0. The van der Waals surface area contributed by atoms with Gasteiger partial charge < -0.3 is 4.90 Å². The van der Waals surface area contributed by atoms with Crippen LogP contribution in [0.15, 0.2) is 5.51 Å². The van der Waals surface area contributed by atoms with Crippen LogP contribution < -0.4 is 4.90 Å². The van der Waals surface area contributed by atoms with E-state index in [4.69, 9.17) is 9.97 Å². The van der Waals surface area contributed by atoms with E-state index in [0.29, 0.717) is 23.7 Å². The normalized spacial score (nSPS) is 22.3. The van der Waals surface area contributed by atoms with Crippen LogP contribution >= 0.6 is 11.3 Å². The number of thiazole rings is 1. The zero-order valence-electron chi connectivity index (χ0n) is 16.1. The number of anilines is 1. The van der Waals surface area contributed by atoms with Crippen LogP contribution in [0.25, 0.3) is 0 Å². The average Bonchev–Trinajstić information content (AvgIpc) is 3.19. The molecule has 0 radical (unpaired) electrons. The van der Waals surface area contributed by atoms with Gasteiger partial charge in [0, 0.05) is 36.8 Å². The largest absolute Gasteiger partial charge is 0.337 e. The maximum Gasteiger partial charge on any atom is 0.265 e. The molecule has 27 heavy (non-hydrogen) atoms. The van der Waals surface area contributed by atoms with E-state index >= 15 is 0 Å². The van der Waals surface area contributed by atoms with Crippen molar-refractivity contribution in [2.75, 3.05) is 25.0 Å². The van der Waals surface area contributed by atoms with Crippen molar-refractivity contribution < 1.29 is 9.59 Å². The molecule has 142 valence electrons. The van der Waals surface area contributed by atoms with Gasteiger partial charge in [0.05, 0.1) is 17.6 Å². The fourth-order valence-electron chi connectivity index (χ4n) is 3.97. The number of carbonyl (C=O) groups is 2. The lowest BCUT2D eigenvalue weighted by molar-refractivity contribution is -0.117. The SMILES string of the molecule is Cc1ncsc1C(=O)N1CCCC(C)(c2nc(C)c3c(n2)N(C)C(=O)C3)C1. The monoisotopic (exact) mass is 385 g/mol. The van der Waals surface area contributed by atoms with Crippen LogP contribution in [0.2, 0.25) is 0 Å². The van der Waals surface area contributed by atoms with Gasteiger partial charge in [-0.25, -0.2) is 15.0 Å². The van der Waals surface area contributed by atoms with Gasteiger partial charge in [0.2, 0.25) is 5.91 Å². The number of rotatable bonds is 2. The molecule has 2 aliphatic rings. The van der Waals surface area contributed by atoms with Gasteiger partial charge in [-0.2, -0.15) is 0 Å². The Hall–Kier alpha value is -2.35. The Morgan fingerprint density at radius 1 is 1.26 bits per heavy atom. The van der Waals surface area contributed by atoms with Crippen LogP contribution in [0.3, 0.4) is 0 Å². The van der Waals surface area contributed by atoms with E-state index in [2.05, 4.69) is 11.9 Å². The van der Waals surface area contributed by atoms with Gasteiger partial charge in [0.15, 0.2) is 0 Å². The number of aryl methyl sites for hydroxylation is 2. The van der Waals surface area contributed by atoms with E-state index in [1.807, 2.05) is 18.7 Å². The molecule has 1 saturated heterocycles. The van der Waals surface area contributed by atoms with Crippen molar-refractivity contribution in [1.29, 1.82) is 0 Å². The molecule has 0 saturated carbocycles. The summed E-state index contributed by atoms with van der Waals surface area (Å²) in [6.07, 6.45) is 2.17. The molecule has 0 aliphatic carbocycles. The Morgan fingerprint density at radius 3 is 2.74 bits per heavy atom. The predicted molar refractivity (Wildman–Crippen MR) is 103 cm³/mol. The van der Waals surface area contributed by atoms with Crippen LogP contribution in [0, 0.1) is 13.8 Å². The molecule has 2 aliphatic heterocycles. The molecule has 0 spiro atoms. The molecule has 1 unspecified atom stereocenters. The second-order valence-electron chi connectivity index (χ2n) is 7.72. The first kappa shape index (κ1) is 18.0. The summed E-state index contributed by atoms with van der Waals surface area (Å²) in [6.45, 7) is 7.22. The number of piperidine rings is 1. The first-order valence-electron chi connectivity index (χ1n) is 9.14. The summed E-state index contributed by atoms with van der Waals surface area (Å²) in [7, 11) is 1.76. The molecular weight excluding hydrogens is 362 g/mol. The number of amides is 2. The maximum absolute atomic E-state index is 13.0. The number of likely N-dealkylation sites (tertiary alicyclic amines) is 1. The van der Waals surface area contributed by atoms with Gasteiger partial charge in [-0.1, -0.05) is 6.92 Å². The fraction of sp³-hybridized carbons (Fsp3) is 0.526. The van der Waals surface area contributed by atoms with Gasteiger partial charge in [-0.3, -0.25) is 14.5 Å². The molecule has 4 rings (SSSR count). The van der Waals surface area contributed by atoms with E-state index in [-0.39, 0.29) is 17.2 Å². The number of likely N-dealkylation sites (N-methyl/N-ethyl adjacent to an activating group) is 1. The number of fused-ring (bicyclic) bond motifs is 1. The standard InChI is InChI=1S/C19H23N5O2S/c1-11-13-8-14(25)23(4)16(13)22-18(21-11)19(3)6-5-7-24(9-19)17(26)15-12(2)20-10-27-15/h10H,5-9H2,1-4H3. The molecular formula is C19H23N5O2S. The van der Waals surface area contributed by atoms with Crippen LogP contribution in [-0.4, -0.2) is 51.8 Å². The topological polar surface area (TPSA) is 79.3 Å². The number of aromatic nitrogens is 3. The lowest BCUT2D eigenvalue weighted by Gasteiger charge is -2.39. The third-order valence-corrected chi connectivity index (χ3v) is 6.59. The molecule has 2 amide bonds. The molecule has 1 fully saturated rings. The Morgan fingerprint density at radius 2 is 2.04 bits per heavy atom.